The number of carbonyl (C=O) groups excluding carboxylic acids is 1. The van der Waals surface area contributed by atoms with Crippen molar-refractivity contribution in [1.29, 1.82) is 0 Å². The third kappa shape index (κ3) is 5.53. The van der Waals surface area contributed by atoms with Gasteiger partial charge in [0.25, 0.3) is 0 Å². The SMILES string of the molecule is CN(C)Cc1cccc(N=C(c2cccc(CCC(=O)O)c2)C2C(=O)Nc3cc(Cl)ccc32)c1. The van der Waals surface area contributed by atoms with Gasteiger partial charge in [-0.15, -0.1) is 0 Å². The maximum Gasteiger partial charge on any atom is 0.303 e. The van der Waals surface area contributed by atoms with E-state index in [0.29, 0.717) is 22.8 Å². The van der Waals surface area contributed by atoms with E-state index in [1.54, 1.807) is 12.1 Å². The van der Waals surface area contributed by atoms with Crippen LogP contribution in [0.25, 0.3) is 0 Å². The minimum absolute atomic E-state index is 0.0355. The second-order valence-corrected chi connectivity index (χ2v) is 9.09. The second-order valence-electron chi connectivity index (χ2n) is 8.65. The fraction of sp³-hybridized carbons (Fsp3) is 0.222. The van der Waals surface area contributed by atoms with Crippen LogP contribution < -0.4 is 5.32 Å². The Morgan fingerprint density at radius 3 is 2.59 bits per heavy atom. The molecule has 0 aliphatic carbocycles. The van der Waals surface area contributed by atoms with Gasteiger partial charge in [-0.25, -0.2) is 0 Å². The molecule has 0 spiro atoms. The Morgan fingerprint density at radius 1 is 1.06 bits per heavy atom. The van der Waals surface area contributed by atoms with Gasteiger partial charge in [-0.05, 0) is 73.1 Å². The zero-order valence-corrected chi connectivity index (χ0v) is 19.8. The Balaban J connectivity index is 1.82. The maximum atomic E-state index is 13.1. The smallest absolute Gasteiger partial charge is 0.303 e. The Labute approximate surface area is 203 Å². The average Bonchev–Trinajstić information content (AvgIpc) is 3.10. The summed E-state index contributed by atoms with van der Waals surface area (Å²) in [5.41, 5.74) is 5.63. The zero-order valence-electron chi connectivity index (χ0n) is 19.1. The molecule has 0 saturated heterocycles. The summed E-state index contributed by atoms with van der Waals surface area (Å²) in [4.78, 5) is 31.3. The third-order valence-electron chi connectivity index (χ3n) is 5.63. The largest absolute Gasteiger partial charge is 0.481 e. The molecule has 3 aromatic carbocycles. The minimum atomic E-state index is -0.849. The molecule has 2 N–H and O–H groups in total. The lowest BCUT2D eigenvalue weighted by atomic mass is 9.89. The molecule has 1 unspecified atom stereocenters. The van der Waals surface area contributed by atoms with Crippen molar-refractivity contribution in [2.45, 2.75) is 25.3 Å². The van der Waals surface area contributed by atoms with E-state index in [4.69, 9.17) is 21.7 Å². The van der Waals surface area contributed by atoms with Gasteiger partial charge >= 0.3 is 5.97 Å². The van der Waals surface area contributed by atoms with Crippen molar-refractivity contribution < 1.29 is 14.7 Å². The number of fused-ring (bicyclic) bond motifs is 1. The molecule has 0 aromatic heterocycles. The fourth-order valence-corrected chi connectivity index (χ4v) is 4.34. The van der Waals surface area contributed by atoms with Crippen molar-refractivity contribution in [1.82, 2.24) is 4.90 Å². The van der Waals surface area contributed by atoms with Gasteiger partial charge in [0.2, 0.25) is 5.91 Å². The average molecular weight is 476 g/mol. The lowest BCUT2D eigenvalue weighted by molar-refractivity contribution is -0.137. The standard InChI is InChI=1S/C27H26ClN3O3/c1-31(2)16-18-6-4-8-21(14-18)29-26(19-7-3-5-17(13-19)9-12-24(32)33)25-22-11-10-20(28)15-23(22)30-27(25)34/h3-8,10-11,13-15,25H,9,12,16H2,1-2H3,(H,30,34)(H,32,33). The Hall–Kier alpha value is -3.48. The highest BCUT2D eigenvalue weighted by Gasteiger charge is 2.35. The number of anilines is 1. The van der Waals surface area contributed by atoms with Crippen molar-refractivity contribution in [3.63, 3.8) is 0 Å². The van der Waals surface area contributed by atoms with Crippen LogP contribution in [0.2, 0.25) is 5.02 Å². The number of carbonyl (C=O) groups is 2. The van der Waals surface area contributed by atoms with Crippen LogP contribution in [0.4, 0.5) is 11.4 Å². The van der Waals surface area contributed by atoms with Crippen molar-refractivity contribution in [3.05, 3.63) is 94.0 Å². The summed E-state index contributed by atoms with van der Waals surface area (Å²) < 4.78 is 0. The number of rotatable bonds is 8. The molecule has 7 heteroatoms. The Morgan fingerprint density at radius 2 is 1.82 bits per heavy atom. The number of hydrogen-bond donors (Lipinski definition) is 2. The second kappa shape index (κ2) is 10.2. The number of aryl methyl sites for hydroxylation is 1. The molecule has 1 heterocycles. The fourth-order valence-electron chi connectivity index (χ4n) is 4.17. The van der Waals surface area contributed by atoms with Crippen molar-refractivity contribution in [2.24, 2.45) is 4.99 Å². The molecule has 6 nitrogen and oxygen atoms in total. The number of carboxylic acid groups (broad SMARTS) is 1. The van der Waals surface area contributed by atoms with E-state index in [2.05, 4.69) is 10.2 Å². The zero-order chi connectivity index (χ0) is 24.2. The molecular formula is C27H26ClN3O3. The van der Waals surface area contributed by atoms with Crippen molar-refractivity contribution in [2.75, 3.05) is 19.4 Å². The lowest BCUT2D eigenvalue weighted by Gasteiger charge is -2.16. The number of nitrogens with zero attached hydrogens (tertiary/aromatic N) is 2. The van der Waals surface area contributed by atoms with Crippen molar-refractivity contribution in [3.8, 4) is 0 Å². The first-order valence-electron chi connectivity index (χ1n) is 11.0. The summed E-state index contributed by atoms with van der Waals surface area (Å²) in [6, 6.07) is 20.9. The molecule has 1 atom stereocenters. The highest BCUT2D eigenvalue weighted by Crippen LogP contribution is 2.38. The quantitative estimate of drug-likeness (QED) is 0.434. The molecule has 1 amide bonds. The van der Waals surface area contributed by atoms with E-state index in [9.17, 15) is 9.59 Å². The van der Waals surface area contributed by atoms with E-state index in [-0.39, 0.29) is 12.3 Å². The molecule has 1 aliphatic rings. The first-order valence-corrected chi connectivity index (χ1v) is 11.4. The van der Waals surface area contributed by atoms with Crippen LogP contribution in [0.15, 0.2) is 71.7 Å². The van der Waals surface area contributed by atoms with Gasteiger partial charge in [-0.1, -0.05) is 48.0 Å². The normalized spacial score (nSPS) is 15.4. The van der Waals surface area contributed by atoms with Gasteiger partial charge in [-0.3, -0.25) is 14.6 Å². The number of nitrogens with one attached hydrogen (secondary N) is 1. The molecule has 4 rings (SSSR count). The third-order valence-corrected chi connectivity index (χ3v) is 5.86. The van der Waals surface area contributed by atoms with E-state index >= 15 is 0 Å². The summed E-state index contributed by atoms with van der Waals surface area (Å²) in [7, 11) is 4.02. The molecule has 1 aliphatic heterocycles. The molecule has 3 aromatic rings. The first kappa shape index (κ1) is 23.7. The number of aliphatic imine (C=N–C) groups is 1. The summed E-state index contributed by atoms with van der Waals surface area (Å²) in [5, 5.41) is 12.6. The van der Waals surface area contributed by atoms with Crippen LogP contribution in [0.1, 0.15) is 34.6 Å². The summed E-state index contributed by atoms with van der Waals surface area (Å²) in [6.45, 7) is 0.772. The van der Waals surface area contributed by atoms with Crippen LogP contribution in [-0.4, -0.2) is 41.7 Å². The van der Waals surface area contributed by atoms with E-state index in [1.165, 1.54) is 0 Å². The van der Waals surface area contributed by atoms with Crippen LogP contribution in [0.5, 0.6) is 0 Å². The molecule has 174 valence electrons. The highest BCUT2D eigenvalue weighted by molar-refractivity contribution is 6.31. The van der Waals surface area contributed by atoms with Gasteiger partial charge in [0.1, 0.15) is 5.92 Å². The number of hydrogen-bond acceptors (Lipinski definition) is 4. The monoisotopic (exact) mass is 475 g/mol. The summed E-state index contributed by atoms with van der Waals surface area (Å²) in [6.07, 6.45) is 0.436. The predicted molar refractivity (Wildman–Crippen MR) is 135 cm³/mol. The number of amides is 1. The minimum Gasteiger partial charge on any atom is -0.481 e. The first-order chi connectivity index (χ1) is 16.3. The van der Waals surface area contributed by atoms with Gasteiger partial charge in [-0.2, -0.15) is 0 Å². The summed E-state index contributed by atoms with van der Waals surface area (Å²) in [5.74, 6) is -1.63. The maximum absolute atomic E-state index is 13.1. The molecule has 34 heavy (non-hydrogen) atoms. The Kier molecular flexibility index (Phi) is 7.10. The lowest BCUT2D eigenvalue weighted by Crippen LogP contribution is -2.22. The van der Waals surface area contributed by atoms with Gasteiger partial charge in [0, 0.05) is 23.7 Å². The molecule has 0 saturated carbocycles. The molecular weight excluding hydrogens is 450 g/mol. The van der Waals surface area contributed by atoms with Crippen LogP contribution in [-0.2, 0) is 22.6 Å². The van der Waals surface area contributed by atoms with Crippen LogP contribution >= 0.6 is 11.6 Å². The number of halogens is 1. The van der Waals surface area contributed by atoms with Gasteiger partial charge in [0.15, 0.2) is 0 Å². The number of benzene rings is 3. The van der Waals surface area contributed by atoms with Gasteiger partial charge < -0.3 is 15.3 Å². The van der Waals surface area contributed by atoms with Crippen LogP contribution in [0.3, 0.4) is 0 Å². The van der Waals surface area contributed by atoms with E-state index in [0.717, 1.165) is 34.5 Å². The highest BCUT2D eigenvalue weighted by atomic mass is 35.5. The van der Waals surface area contributed by atoms with Crippen molar-refractivity contribution >= 4 is 40.6 Å². The van der Waals surface area contributed by atoms with E-state index in [1.807, 2.05) is 68.7 Å². The van der Waals surface area contributed by atoms with Gasteiger partial charge in [0.05, 0.1) is 11.4 Å². The number of aliphatic carboxylic acids is 1. The van der Waals surface area contributed by atoms with E-state index < -0.39 is 11.9 Å². The molecule has 0 fully saturated rings. The van der Waals surface area contributed by atoms with Crippen LogP contribution in [0, 0.1) is 0 Å². The molecule has 0 radical (unpaired) electrons. The topological polar surface area (TPSA) is 82.0 Å². The number of carboxylic acids is 1. The Bertz CT molecular complexity index is 1270. The summed E-state index contributed by atoms with van der Waals surface area (Å²) >= 11 is 6.15. The predicted octanol–water partition coefficient (Wildman–Crippen LogP) is 5.28. The molecule has 0 bridgehead atoms.